The van der Waals surface area contributed by atoms with Crippen molar-refractivity contribution in [2.75, 3.05) is 0 Å². The number of rotatable bonds is 5. The Morgan fingerprint density at radius 3 is 1.89 bits per heavy atom. The molecule has 0 unspecified atom stereocenters. The van der Waals surface area contributed by atoms with E-state index in [1.165, 1.54) is 22.3 Å². The highest BCUT2D eigenvalue weighted by atomic mass is 16.2. The highest BCUT2D eigenvalue weighted by Gasteiger charge is 2.20. The molecule has 2 aromatic carbocycles. The van der Waals surface area contributed by atoms with Gasteiger partial charge in [-0.3, -0.25) is 4.79 Å². The molecule has 0 saturated carbocycles. The molecule has 3 aromatic rings. The van der Waals surface area contributed by atoms with Crippen molar-refractivity contribution in [1.82, 2.24) is 15.3 Å². The average molecular weight is 376 g/mol. The van der Waals surface area contributed by atoms with Crippen molar-refractivity contribution >= 4 is 5.91 Å². The van der Waals surface area contributed by atoms with E-state index < -0.39 is 0 Å². The normalized spacial score (nSPS) is 11.5. The number of aryl methyl sites for hydroxylation is 2. The van der Waals surface area contributed by atoms with E-state index in [1.54, 1.807) is 0 Å². The lowest BCUT2D eigenvalue weighted by Gasteiger charge is -2.19. The van der Waals surface area contributed by atoms with Crippen LogP contribution >= 0.6 is 0 Å². The predicted molar refractivity (Wildman–Crippen MR) is 114 cm³/mol. The molecule has 0 aliphatic carbocycles. The second-order valence-electron chi connectivity index (χ2n) is 8.54. The fourth-order valence-corrected chi connectivity index (χ4v) is 3.05. The van der Waals surface area contributed by atoms with Crippen LogP contribution in [0.15, 0.2) is 48.5 Å². The number of aromatic amines is 1. The lowest BCUT2D eigenvalue weighted by molar-refractivity contribution is 0.0909. The molecule has 2 N–H and O–H groups in total. The van der Waals surface area contributed by atoms with Crippen molar-refractivity contribution in [2.45, 2.75) is 53.0 Å². The molecule has 0 saturated heterocycles. The van der Waals surface area contributed by atoms with Gasteiger partial charge in [-0.25, -0.2) is 4.98 Å². The van der Waals surface area contributed by atoms with E-state index in [2.05, 4.69) is 77.7 Å². The van der Waals surface area contributed by atoms with Gasteiger partial charge in [0.05, 0.1) is 5.69 Å². The fraction of sp³-hybridized carbons (Fsp3) is 0.333. The molecule has 28 heavy (non-hydrogen) atoms. The average Bonchev–Trinajstić information content (AvgIpc) is 3.00. The third kappa shape index (κ3) is 5.32. The first-order valence-electron chi connectivity index (χ1n) is 9.71. The smallest absolute Gasteiger partial charge is 0.287 e. The van der Waals surface area contributed by atoms with Gasteiger partial charge in [0.15, 0.2) is 5.82 Å². The van der Waals surface area contributed by atoms with Gasteiger partial charge in [0.25, 0.3) is 5.91 Å². The van der Waals surface area contributed by atoms with Crippen LogP contribution < -0.4 is 5.32 Å². The molecule has 146 valence electrons. The Hall–Kier alpha value is -2.88. The fourth-order valence-electron chi connectivity index (χ4n) is 3.05. The SMILES string of the molecule is Cc1ccc(Cc2nc(C(=O)NC(C)(C)C)[nH]c2Cc2ccc(C)cc2)cc1. The van der Waals surface area contributed by atoms with Gasteiger partial charge in [-0.05, 0) is 45.7 Å². The quantitative estimate of drug-likeness (QED) is 0.677. The number of amides is 1. The van der Waals surface area contributed by atoms with E-state index in [-0.39, 0.29) is 11.4 Å². The minimum absolute atomic E-state index is 0.173. The molecule has 4 heteroatoms. The molecular formula is C24H29N3O. The van der Waals surface area contributed by atoms with Crippen molar-refractivity contribution in [3.8, 4) is 0 Å². The van der Waals surface area contributed by atoms with Crippen LogP contribution in [0, 0.1) is 13.8 Å². The number of nitrogens with one attached hydrogen (secondary N) is 2. The summed E-state index contributed by atoms with van der Waals surface area (Å²) in [5.41, 5.74) is 6.45. The standard InChI is InChI=1S/C24H29N3O/c1-16-6-10-18(11-7-16)14-20-21(15-19-12-8-17(2)9-13-19)26-22(25-20)23(28)27-24(3,4)5/h6-13H,14-15H2,1-5H3,(H,25,26)(H,27,28). The number of H-pyrrole nitrogens is 1. The summed E-state index contributed by atoms with van der Waals surface area (Å²) < 4.78 is 0. The Balaban J connectivity index is 1.91. The van der Waals surface area contributed by atoms with E-state index in [9.17, 15) is 4.79 Å². The largest absolute Gasteiger partial charge is 0.345 e. The first kappa shape index (κ1) is 19.9. The molecule has 0 bridgehead atoms. The molecule has 0 aliphatic heterocycles. The van der Waals surface area contributed by atoms with E-state index >= 15 is 0 Å². The number of imidazole rings is 1. The maximum absolute atomic E-state index is 12.6. The molecular weight excluding hydrogens is 346 g/mol. The van der Waals surface area contributed by atoms with Crippen LogP contribution in [0.1, 0.15) is 65.0 Å². The number of carbonyl (C=O) groups excluding carboxylic acids is 1. The second kappa shape index (κ2) is 8.01. The highest BCUT2D eigenvalue weighted by molar-refractivity contribution is 5.91. The Bertz CT molecular complexity index is 880. The van der Waals surface area contributed by atoms with Crippen molar-refractivity contribution in [3.05, 3.63) is 88.0 Å². The summed E-state index contributed by atoms with van der Waals surface area (Å²) in [5.74, 6) is 0.201. The molecule has 1 aromatic heterocycles. The summed E-state index contributed by atoms with van der Waals surface area (Å²) in [4.78, 5) is 20.5. The van der Waals surface area contributed by atoms with E-state index in [1.807, 2.05) is 20.8 Å². The molecule has 1 amide bonds. The topological polar surface area (TPSA) is 57.8 Å². The maximum atomic E-state index is 12.6. The van der Waals surface area contributed by atoms with Crippen LogP contribution in [0.5, 0.6) is 0 Å². The molecule has 0 fully saturated rings. The Morgan fingerprint density at radius 2 is 1.39 bits per heavy atom. The van der Waals surface area contributed by atoms with Crippen molar-refractivity contribution in [1.29, 1.82) is 0 Å². The van der Waals surface area contributed by atoms with Gasteiger partial charge in [0.2, 0.25) is 0 Å². The van der Waals surface area contributed by atoms with Crippen LogP contribution in [0.2, 0.25) is 0 Å². The van der Waals surface area contributed by atoms with Crippen LogP contribution in [-0.2, 0) is 12.8 Å². The van der Waals surface area contributed by atoms with Gasteiger partial charge in [-0.15, -0.1) is 0 Å². The lowest BCUT2D eigenvalue weighted by Crippen LogP contribution is -2.41. The zero-order valence-electron chi connectivity index (χ0n) is 17.4. The van der Waals surface area contributed by atoms with Gasteiger partial charge in [-0.1, -0.05) is 59.7 Å². The Kier molecular flexibility index (Phi) is 5.68. The van der Waals surface area contributed by atoms with Crippen LogP contribution in [-0.4, -0.2) is 21.4 Å². The summed E-state index contributed by atoms with van der Waals surface area (Å²) in [6, 6.07) is 16.9. The van der Waals surface area contributed by atoms with E-state index in [0.717, 1.165) is 17.8 Å². The molecule has 0 aliphatic rings. The first-order valence-corrected chi connectivity index (χ1v) is 9.71. The molecule has 0 atom stereocenters. The summed E-state index contributed by atoms with van der Waals surface area (Å²) >= 11 is 0. The number of benzene rings is 2. The first-order chi connectivity index (χ1) is 13.2. The number of hydrogen-bond donors (Lipinski definition) is 2. The lowest BCUT2D eigenvalue weighted by atomic mass is 10.0. The summed E-state index contributed by atoms with van der Waals surface area (Å²) in [7, 11) is 0. The van der Waals surface area contributed by atoms with Gasteiger partial charge in [0.1, 0.15) is 0 Å². The Labute approximate surface area is 167 Å². The van der Waals surface area contributed by atoms with Crippen LogP contribution in [0.4, 0.5) is 0 Å². The van der Waals surface area contributed by atoms with E-state index in [4.69, 9.17) is 0 Å². The van der Waals surface area contributed by atoms with E-state index in [0.29, 0.717) is 12.2 Å². The van der Waals surface area contributed by atoms with Crippen molar-refractivity contribution in [3.63, 3.8) is 0 Å². The third-order valence-corrected chi connectivity index (χ3v) is 4.56. The number of carbonyl (C=O) groups is 1. The van der Waals surface area contributed by atoms with Gasteiger partial charge < -0.3 is 10.3 Å². The maximum Gasteiger partial charge on any atom is 0.287 e. The zero-order valence-corrected chi connectivity index (χ0v) is 17.4. The molecule has 0 spiro atoms. The summed E-state index contributed by atoms with van der Waals surface area (Å²) in [6.45, 7) is 10.1. The van der Waals surface area contributed by atoms with Gasteiger partial charge >= 0.3 is 0 Å². The van der Waals surface area contributed by atoms with Crippen LogP contribution in [0.3, 0.4) is 0 Å². The molecule has 1 heterocycles. The second-order valence-corrected chi connectivity index (χ2v) is 8.54. The number of hydrogen-bond acceptors (Lipinski definition) is 2. The Morgan fingerprint density at radius 1 is 0.893 bits per heavy atom. The third-order valence-electron chi connectivity index (χ3n) is 4.56. The monoisotopic (exact) mass is 375 g/mol. The van der Waals surface area contributed by atoms with Gasteiger partial charge in [0, 0.05) is 24.1 Å². The highest BCUT2D eigenvalue weighted by Crippen LogP contribution is 2.18. The van der Waals surface area contributed by atoms with Crippen LogP contribution in [0.25, 0.3) is 0 Å². The number of aromatic nitrogens is 2. The zero-order chi connectivity index (χ0) is 20.3. The van der Waals surface area contributed by atoms with Gasteiger partial charge in [-0.2, -0.15) is 0 Å². The van der Waals surface area contributed by atoms with Crippen molar-refractivity contribution in [2.24, 2.45) is 0 Å². The summed E-state index contributed by atoms with van der Waals surface area (Å²) in [5, 5.41) is 2.99. The molecule has 4 nitrogen and oxygen atoms in total. The minimum atomic E-state index is -0.307. The predicted octanol–water partition coefficient (Wildman–Crippen LogP) is 4.74. The number of nitrogens with zero attached hydrogens (tertiary/aromatic N) is 1. The molecule has 3 rings (SSSR count). The minimum Gasteiger partial charge on any atom is -0.345 e. The van der Waals surface area contributed by atoms with Crippen molar-refractivity contribution < 1.29 is 4.79 Å². The summed E-state index contributed by atoms with van der Waals surface area (Å²) in [6.07, 6.45) is 1.41. The molecule has 0 radical (unpaired) electrons.